The van der Waals surface area contributed by atoms with Gasteiger partial charge in [-0.3, -0.25) is 9.59 Å². The van der Waals surface area contributed by atoms with Gasteiger partial charge in [0.2, 0.25) is 0 Å². The largest absolute Gasteiger partial charge is 0.345 e. The number of rotatable bonds is 3. The molecule has 20 heavy (non-hydrogen) atoms. The summed E-state index contributed by atoms with van der Waals surface area (Å²) in [7, 11) is 0. The zero-order valence-electron chi connectivity index (χ0n) is 12.2. The summed E-state index contributed by atoms with van der Waals surface area (Å²) in [5.74, 6) is 0.338. The van der Waals surface area contributed by atoms with Crippen molar-refractivity contribution in [1.82, 2.24) is 15.5 Å². The predicted octanol–water partition coefficient (Wildman–Crippen LogP) is 0.599. The summed E-state index contributed by atoms with van der Waals surface area (Å²) in [6.07, 6.45) is 4.06. The molecule has 2 aliphatic rings. The standard InChI is InChI=1S/C14H25N3O2S/c1-2-20-12-5-4-11(10-12)16-13(18)14(19)17-8-3-6-15-7-9-17/h11-12,15H,2-10H2,1H3,(H,16,18). The van der Waals surface area contributed by atoms with Crippen LogP contribution < -0.4 is 10.6 Å². The molecule has 1 aliphatic carbocycles. The van der Waals surface area contributed by atoms with Gasteiger partial charge in [0.15, 0.2) is 0 Å². The smallest absolute Gasteiger partial charge is 0.311 e. The number of thioether (sulfide) groups is 1. The van der Waals surface area contributed by atoms with Crippen molar-refractivity contribution in [2.75, 3.05) is 31.9 Å². The first kappa shape index (κ1) is 15.6. The third-order valence-corrected chi connectivity index (χ3v) is 5.18. The van der Waals surface area contributed by atoms with Gasteiger partial charge in [0, 0.05) is 30.9 Å². The van der Waals surface area contributed by atoms with Gasteiger partial charge in [0.25, 0.3) is 0 Å². The van der Waals surface area contributed by atoms with E-state index >= 15 is 0 Å². The van der Waals surface area contributed by atoms with Crippen molar-refractivity contribution in [3.8, 4) is 0 Å². The van der Waals surface area contributed by atoms with Crippen LogP contribution in [-0.2, 0) is 9.59 Å². The quantitative estimate of drug-likeness (QED) is 0.749. The Morgan fingerprint density at radius 3 is 2.95 bits per heavy atom. The van der Waals surface area contributed by atoms with E-state index in [1.807, 2.05) is 11.8 Å². The fourth-order valence-electron chi connectivity index (χ4n) is 2.90. The Morgan fingerprint density at radius 1 is 1.30 bits per heavy atom. The average Bonchev–Trinajstić information content (AvgIpc) is 2.72. The molecule has 0 bridgehead atoms. The molecule has 2 amide bonds. The maximum atomic E-state index is 12.1. The minimum absolute atomic E-state index is 0.181. The van der Waals surface area contributed by atoms with E-state index in [1.165, 1.54) is 0 Å². The zero-order chi connectivity index (χ0) is 14.4. The number of hydrogen-bond donors (Lipinski definition) is 2. The van der Waals surface area contributed by atoms with Gasteiger partial charge >= 0.3 is 11.8 Å². The highest BCUT2D eigenvalue weighted by atomic mass is 32.2. The van der Waals surface area contributed by atoms with Crippen LogP contribution in [0, 0.1) is 0 Å². The number of nitrogens with zero attached hydrogens (tertiary/aromatic N) is 1. The molecule has 0 radical (unpaired) electrons. The Hall–Kier alpha value is -0.750. The Balaban J connectivity index is 1.77. The van der Waals surface area contributed by atoms with E-state index in [4.69, 9.17) is 0 Å². The molecular weight excluding hydrogens is 274 g/mol. The molecule has 1 heterocycles. The van der Waals surface area contributed by atoms with Crippen LogP contribution in [0.15, 0.2) is 0 Å². The van der Waals surface area contributed by atoms with Gasteiger partial charge in [-0.05, 0) is 38.0 Å². The second-order valence-corrected chi connectivity index (χ2v) is 7.03. The van der Waals surface area contributed by atoms with E-state index < -0.39 is 5.91 Å². The second kappa shape index (κ2) is 7.88. The highest BCUT2D eigenvalue weighted by Gasteiger charge is 2.29. The van der Waals surface area contributed by atoms with E-state index in [9.17, 15) is 9.59 Å². The minimum Gasteiger partial charge on any atom is -0.345 e. The van der Waals surface area contributed by atoms with Gasteiger partial charge in [-0.15, -0.1) is 0 Å². The Labute approximate surface area is 125 Å². The van der Waals surface area contributed by atoms with Crippen LogP contribution in [0.3, 0.4) is 0 Å². The predicted molar refractivity (Wildman–Crippen MR) is 81.8 cm³/mol. The molecule has 2 atom stereocenters. The number of carbonyl (C=O) groups is 2. The van der Waals surface area contributed by atoms with Gasteiger partial charge in [-0.25, -0.2) is 0 Å². The molecule has 0 aromatic carbocycles. The molecule has 0 aromatic heterocycles. The van der Waals surface area contributed by atoms with Gasteiger partial charge in [-0.2, -0.15) is 11.8 Å². The molecule has 1 aliphatic heterocycles. The first-order valence-electron chi connectivity index (χ1n) is 7.62. The second-order valence-electron chi connectivity index (χ2n) is 5.46. The van der Waals surface area contributed by atoms with Gasteiger partial charge in [-0.1, -0.05) is 6.92 Å². The van der Waals surface area contributed by atoms with E-state index in [-0.39, 0.29) is 11.9 Å². The van der Waals surface area contributed by atoms with Crippen LogP contribution in [0.1, 0.15) is 32.6 Å². The molecule has 114 valence electrons. The number of amides is 2. The zero-order valence-corrected chi connectivity index (χ0v) is 13.0. The van der Waals surface area contributed by atoms with E-state index in [2.05, 4.69) is 17.6 Å². The summed E-state index contributed by atoms with van der Waals surface area (Å²) in [6.45, 7) is 5.17. The summed E-state index contributed by atoms with van der Waals surface area (Å²) in [6, 6.07) is 0.181. The monoisotopic (exact) mass is 299 g/mol. The van der Waals surface area contributed by atoms with E-state index in [1.54, 1.807) is 4.90 Å². The Kier molecular flexibility index (Phi) is 6.16. The highest BCUT2D eigenvalue weighted by Crippen LogP contribution is 2.29. The van der Waals surface area contributed by atoms with Crippen LogP contribution in [-0.4, -0.2) is 59.9 Å². The van der Waals surface area contributed by atoms with Crippen molar-refractivity contribution < 1.29 is 9.59 Å². The first-order chi connectivity index (χ1) is 9.70. The van der Waals surface area contributed by atoms with Crippen molar-refractivity contribution in [3.05, 3.63) is 0 Å². The fraction of sp³-hybridized carbons (Fsp3) is 0.857. The van der Waals surface area contributed by atoms with E-state index in [0.29, 0.717) is 18.3 Å². The Bertz CT molecular complexity index is 343. The van der Waals surface area contributed by atoms with Gasteiger partial charge in [0.1, 0.15) is 0 Å². The minimum atomic E-state index is -0.418. The van der Waals surface area contributed by atoms with Crippen molar-refractivity contribution in [3.63, 3.8) is 0 Å². The Morgan fingerprint density at radius 2 is 2.15 bits per heavy atom. The summed E-state index contributed by atoms with van der Waals surface area (Å²) in [4.78, 5) is 25.8. The summed E-state index contributed by atoms with van der Waals surface area (Å²) >= 11 is 1.95. The number of carbonyl (C=O) groups excluding carboxylic acids is 2. The van der Waals surface area contributed by atoms with Gasteiger partial charge < -0.3 is 15.5 Å². The molecule has 0 spiro atoms. The molecule has 0 aromatic rings. The molecule has 2 fully saturated rings. The summed E-state index contributed by atoms with van der Waals surface area (Å²) in [5.41, 5.74) is 0. The van der Waals surface area contributed by atoms with Crippen molar-refractivity contribution in [2.45, 2.75) is 43.9 Å². The van der Waals surface area contributed by atoms with Crippen molar-refractivity contribution >= 4 is 23.6 Å². The number of hydrogen-bond acceptors (Lipinski definition) is 4. The number of nitrogens with one attached hydrogen (secondary N) is 2. The third-order valence-electron chi connectivity index (χ3n) is 3.94. The molecule has 5 nitrogen and oxygen atoms in total. The average molecular weight is 299 g/mol. The molecule has 1 saturated heterocycles. The summed E-state index contributed by atoms with van der Waals surface area (Å²) < 4.78 is 0. The first-order valence-corrected chi connectivity index (χ1v) is 8.67. The van der Waals surface area contributed by atoms with Crippen LogP contribution in [0.4, 0.5) is 0 Å². The fourth-order valence-corrected chi connectivity index (χ4v) is 4.04. The van der Waals surface area contributed by atoms with E-state index in [0.717, 1.165) is 44.5 Å². The van der Waals surface area contributed by atoms with Crippen molar-refractivity contribution in [1.29, 1.82) is 0 Å². The van der Waals surface area contributed by atoms with Crippen LogP contribution >= 0.6 is 11.8 Å². The summed E-state index contributed by atoms with van der Waals surface area (Å²) in [5, 5.41) is 6.80. The molecule has 2 rings (SSSR count). The lowest BCUT2D eigenvalue weighted by Crippen LogP contribution is -2.47. The lowest BCUT2D eigenvalue weighted by atomic mass is 10.2. The molecule has 2 unspecified atom stereocenters. The maximum absolute atomic E-state index is 12.1. The lowest BCUT2D eigenvalue weighted by molar-refractivity contribution is -0.146. The molecular formula is C14H25N3O2S. The molecule has 1 saturated carbocycles. The molecule has 2 N–H and O–H groups in total. The van der Waals surface area contributed by atoms with Gasteiger partial charge in [0.05, 0.1) is 0 Å². The van der Waals surface area contributed by atoms with Crippen molar-refractivity contribution in [2.24, 2.45) is 0 Å². The SMILES string of the molecule is CCSC1CCC(NC(=O)C(=O)N2CCCNCC2)C1. The highest BCUT2D eigenvalue weighted by molar-refractivity contribution is 7.99. The van der Waals surface area contributed by atoms with Crippen LogP contribution in [0.25, 0.3) is 0 Å². The van der Waals surface area contributed by atoms with Crippen LogP contribution in [0.2, 0.25) is 0 Å². The third kappa shape index (κ3) is 4.38. The van der Waals surface area contributed by atoms with Crippen LogP contribution in [0.5, 0.6) is 0 Å². The maximum Gasteiger partial charge on any atom is 0.311 e. The lowest BCUT2D eigenvalue weighted by Gasteiger charge is -2.20. The normalized spacial score (nSPS) is 27.1. The molecule has 6 heteroatoms. The topological polar surface area (TPSA) is 61.4 Å².